The third-order valence-corrected chi connectivity index (χ3v) is 3.87. The summed E-state index contributed by atoms with van der Waals surface area (Å²) in [5, 5.41) is 19.0. The van der Waals surface area contributed by atoms with Crippen LogP contribution in [0.5, 0.6) is 11.8 Å². The summed E-state index contributed by atoms with van der Waals surface area (Å²) in [6, 6.07) is 0.491. The average molecular weight is 360 g/mol. The number of amides is 2. The summed E-state index contributed by atoms with van der Waals surface area (Å²) in [5.74, 6) is -4.11. The van der Waals surface area contributed by atoms with Gasteiger partial charge in [-0.15, -0.1) is 4.73 Å². The van der Waals surface area contributed by atoms with E-state index >= 15 is 0 Å². The highest BCUT2D eigenvalue weighted by molar-refractivity contribution is 7.86. The topological polar surface area (TPSA) is 163 Å². The van der Waals surface area contributed by atoms with Gasteiger partial charge in [-0.2, -0.15) is 8.42 Å². The van der Waals surface area contributed by atoms with E-state index in [1.54, 1.807) is 0 Å². The summed E-state index contributed by atoms with van der Waals surface area (Å²) in [7, 11) is -4.82. The van der Waals surface area contributed by atoms with Crippen molar-refractivity contribution in [3.05, 3.63) is 18.2 Å². The third-order valence-electron chi connectivity index (χ3n) is 3.02. The highest BCUT2D eigenvalue weighted by Crippen LogP contribution is 2.29. The molecule has 24 heavy (non-hydrogen) atoms. The first-order valence-electron chi connectivity index (χ1n) is 6.47. The quantitative estimate of drug-likeness (QED) is 0.418. The molecule has 3 N–H and O–H groups in total. The molecule has 0 unspecified atom stereocenters. The first kappa shape index (κ1) is 17.5. The zero-order chi connectivity index (χ0) is 18.1. The number of carbonyl (C=O) groups excluding carboxylic acids is 3. The van der Waals surface area contributed by atoms with Crippen molar-refractivity contribution >= 4 is 27.9 Å². The lowest BCUT2D eigenvalue weighted by molar-refractivity contribution is -0.146. The summed E-state index contributed by atoms with van der Waals surface area (Å²) in [6.07, 6.45) is 1.93. The van der Waals surface area contributed by atoms with Crippen molar-refractivity contribution in [3.63, 3.8) is 0 Å². The van der Waals surface area contributed by atoms with Crippen LogP contribution in [0, 0.1) is 0 Å². The molecule has 0 bridgehead atoms. The van der Waals surface area contributed by atoms with Crippen LogP contribution < -0.4 is 4.84 Å². The van der Waals surface area contributed by atoms with Gasteiger partial charge in [0.05, 0.1) is 0 Å². The molecule has 130 valence electrons. The van der Waals surface area contributed by atoms with Crippen molar-refractivity contribution in [2.24, 2.45) is 0 Å². The van der Waals surface area contributed by atoms with Crippen molar-refractivity contribution in [2.75, 3.05) is 6.54 Å². The lowest BCUT2D eigenvalue weighted by Gasteiger charge is -2.13. The highest BCUT2D eigenvalue weighted by Gasteiger charge is 2.26. The standard InChI is InChI=1S/C12H12N2O9S/c15-8-3-4-9(16)13(8)5-1-2-11(18)23-14-10(17)6-7(12(14)19)24(20,21)22/h3-4,6,17,19H,1-2,5H2,(H,20,21,22). The second kappa shape index (κ2) is 6.33. The van der Waals surface area contributed by atoms with Gasteiger partial charge in [0, 0.05) is 31.2 Å². The Morgan fingerprint density at radius 2 is 1.75 bits per heavy atom. The van der Waals surface area contributed by atoms with Crippen LogP contribution in [0.2, 0.25) is 0 Å². The maximum atomic E-state index is 11.6. The number of imide groups is 1. The predicted molar refractivity (Wildman–Crippen MR) is 74.3 cm³/mol. The minimum absolute atomic E-state index is 0.0420. The number of hydrogen-bond donors (Lipinski definition) is 3. The lowest BCUT2D eigenvalue weighted by atomic mass is 10.3. The predicted octanol–water partition coefficient (Wildman–Crippen LogP) is -1.19. The van der Waals surface area contributed by atoms with Gasteiger partial charge in [-0.3, -0.25) is 19.0 Å². The van der Waals surface area contributed by atoms with E-state index in [9.17, 15) is 33.0 Å². The van der Waals surface area contributed by atoms with Crippen LogP contribution >= 0.6 is 0 Å². The van der Waals surface area contributed by atoms with Crippen LogP contribution in [-0.2, 0) is 24.5 Å². The fourth-order valence-corrected chi connectivity index (χ4v) is 2.48. The van der Waals surface area contributed by atoms with Gasteiger partial charge in [-0.1, -0.05) is 0 Å². The number of aromatic hydroxyl groups is 2. The molecule has 1 aromatic rings. The SMILES string of the molecule is O=C(CCCN1C(=O)C=CC1=O)On1c(O)cc(S(=O)(=O)O)c1O. The molecule has 0 fully saturated rings. The van der Waals surface area contributed by atoms with E-state index in [4.69, 9.17) is 4.55 Å². The van der Waals surface area contributed by atoms with Crippen molar-refractivity contribution in [2.45, 2.75) is 17.7 Å². The van der Waals surface area contributed by atoms with Gasteiger partial charge in [-0.05, 0) is 6.42 Å². The Bertz CT molecular complexity index is 819. The molecule has 2 rings (SSSR count). The molecule has 1 aliphatic rings. The summed E-state index contributed by atoms with van der Waals surface area (Å²) >= 11 is 0. The van der Waals surface area contributed by atoms with Gasteiger partial charge in [0.1, 0.15) is 0 Å². The van der Waals surface area contributed by atoms with E-state index in [-0.39, 0.29) is 24.1 Å². The minimum atomic E-state index is -4.82. The fraction of sp³-hybridized carbons (Fsp3) is 0.250. The Morgan fingerprint density at radius 3 is 2.25 bits per heavy atom. The molecule has 2 amide bonds. The molecule has 1 aromatic heterocycles. The van der Waals surface area contributed by atoms with Crippen molar-refractivity contribution in [1.82, 2.24) is 9.63 Å². The third kappa shape index (κ3) is 3.55. The van der Waals surface area contributed by atoms with Gasteiger partial charge in [0.2, 0.25) is 5.88 Å². The molecule has 12 heteroatoms. The minimum Gasteiger partial charge on any atom is -0.492 e. The fourth-order valence-electron chi connectivity index (χ4n) is 1.91. The molecule has 0 atom stereocenters. The zero-order valence-corrected chi connectivity index (χ0v) is 12.8. The second-order valence-electron chi connectivity index (χ2n) is 4.69. The Morgan fingerprint density at radius 1 is 1.17 bits per heavy atom. The van der Waals surface area contributed by atoms with Crippen LogP contribution in [0.3, 0.4) is 0 Å². The molecular weight excluding hydrogens is 348 g/mol. The maximum Gasteiger partial charge on any atom is 0.333 e. The van der Waals surface area contributed by atoms with E-state index in [1.807, 2.05) is 0 Å². The van der Waals surface area contributed by atoms with Gasteiger partial charge in [-0.25, -0.2) is 4.79 Å². The van der Waals surface area contributed by atoms with Crippen molar-refractivity contribution < 1.29 is 42.4 Å². The molecular formula is C12H12N2O9S. The van der Waals surface area contributed by atoms with Gasteiger partial charge < -0.3 is 15.1 Å². The normalized spacial score (nSPS) is 14.5. The zero-order valence-electron chi connectivity index (χ0n) is 11.9. The smallest absolute Gasteiger partial charge is 0.333 e. The largest absolute Gasteiger partial charge is 0.492 e. The van der Waals surface area contributed by atoms with E-state index < -0.39 is 44.6 Å². The van der Waals surface area contributed by atoms with Gasteiger partial charge in [0.15, 0.2) is 4.90 Å². The van der Waals surface area contributed by atoms with Crippen LogP contribution in [0.1, 0.15) is 12.8 Å². The first-order valence-corrected chi connectivity index (χ1v) is 7.91. The number of carbonyl (C=O) groups is 3. The number of nitrogens with zero attached hydrogens (tertiary/aromatic N) is 2. The Kier molecular flexibility index (Phi) is 4.61. The molecule has 2 heterocycles. The number of hydrogen-bond acceptors (Lipinski definition) is 8. The molecule has 0 aliphatic carbocycles. The molecule has 0 saturated carbocycles. The maximum absolute atomic E-state index is 11.6. The van der Waals surface area contributed by atoms with E-state index in [0.29, 0.717) is 6.07 Å². The lowest BCUT2D eigenvalue weighted by Crippen LogP contribution is -2.31. The summed E-state index contributed by atoms with van der Waals surface area (Å²) in [4.78, 5) is 38.7. The van der Waals surface area contributed by atoms with Crippen molar-refractivity contribution in [3.8, 4) is 11.8 Å². The Labute approximate surface area is 135 Å². The summed E-state index contributed by atoms with van der Waals surface area (Å²) < 4.78 is 30.8. The molecule has 1 aliphatic heterocycles. The average Bonchev–Trinajstić information content (AvgIpc) is 2.94. The molecule has 0 aromatic carbocycles. The van der Waals surface area contributed by atoms with E-state index in [2.05, 4.69) is 4.84 Å². The van der Waals surface area contributed by atoms with Crippen LogP contribution in [0.4, 0.5) is 0 Å². The number of aromatic nitrogens is 1. The highest BCUT2D eigenvalue weighted by atomic mass is 32.2. The van der Waals surface area contributed by atoms with Crippen LogP contribution in [-0.4, -0.2) is 57.1 Å². The van der Waals surface area contributed by atoms with E-state index in [1.165, 1.54) is 0 Å². The summed E-state index contributed by atoms with van der Waals surface area (Å²) in [6.45, 7) is -0.0420. The second-order valence-corrected chi connectivity index (χ2v) is 6.08. The van der Waals surface area contributed by atoms with Crippen molar-refractivity contribution in [1.29, 1.82) is 0 Å². The number of rotatable bonds is 6. The Balaban J connectivity index is 1.95. The monoisotopic (exact) mass is 360 g/mol. The molecule has 0 saturated heterocycles. The molecule has 11 nitrogen and oxygen atoms in total. The van der Waals surface area contributed by atoms with Crippen LogP contribution in [0.25, 0.3) is 0 Å². The van der Waals surface area contributed by atoms with Gasteiger partial charge in [0.25, 0.3) is 27.8 Å². The molecule has 0 spiro atoms. The van der Waals surface area contributed by atoms with Gasteiger partial charge >= 0.3 is 5.97 Å². The summed E-state index contributed by atoms with van der Waals surface area (Å²) in [5.41, 5.74) is 0. The van der Waals surface area contributed by atoms with E-state index in [0.717, 1.165) is 17.1 Å². The Hall–Kier alpha value is -2.86. The van der Waals surface area contributed by atoms with Crippen LogP contribution in [0.15, 0.2) is 23.1 Å². The molecule has 0 radical (unpaired) electrons. The first-order chi connectivity index (χ1) is 11.1.